The van der Waals surface area contributed by atoms with Crippen LogP contribution in [0.5, 0.6) is 0 Å². The summed E-state index contributed by atoms with van der Waals surface area (Å²) in [5.41, 5.74) is 1.25. The lowest BCUT2D eigenvalue weighted by Gasteiger charge is -2.26. The van der Waals surface area contributed by atoms with E-state index in [2.05, 4.69) is 51.8 Å². The Morgan fingerprint density at radius 1 is 1.40 bits per heavy atom. The van der Waals surface area contributed by atoms with Crippen molar-refractivity contribution in [3.8, 4) is 0 Å². The average Bonchev–Trinajstić information content (AvgIpc) is 2.79. The van der Waals surface area contributed by atoms with E-state index in [1.165, 1.54) is 18.5 Å². The molecular formula is C15H28BrN3O. The number of methoxy groups -OCH3 is 1. The molecule has 0 aliphatic heterocycles. The highest BCUT2D eigenvalue weighted by Crippen LogP contribution is 2.31. The van der Waals surface area contributed by atoms with Crippen LogP contribution >= 0.6 is 15.9 Å². The summed E-state index contributed by atoms with van der Waals surface area (Å²) in [6.07, 6.45) is 5.45. The number of hydrogen-bond acceptors (Lipinski definition) is 3. The van der Waals surface area contributed by atoms with E-state index >= 15 is 0 Å². The van der Waals surface area contributed by atoms with Gasteiger partial charge in [0.2, 0.25) is 0 Å². The molecule has 0 bridgehead atoms. The fourth-order valence-corrected chi connectivity index (χ4v) is 3.07. The first-order valence-electron chi connectivity index (χ1n) is 7.59. The Kier molecular flexibility index (Phi) is 8.41. The summed E-state index contributed by atoms with van der Waals surface area (Å²) < 4.78 is 8.33. The lowest BCUT2D eigenvalue weighted by atomic mass is 9.94. The van der Waals surface area contributed by atoms with E-state index < -0.39 is 0 Å². The second-order valence-corrected chi connectivity index (χ2v) is 6.15. The second-order valence-electron chi connectivity index (χ2n) is 5.29. The summed E-state index contributed by atoms with van der Waals surface area (Å²) in [4.78, 5) is 0. The summed E-state index contributed by atoms with van der Waals surface area (Å²) in [5.74, 6) is 0.584. The lowest BCUT2D eigenvalue weighted by molar-refractivity contribution is 0.180. The molecule has 2 atom stereocenters. The number of nitrogens with one attached hydrogen (secondary N) is 1. The summed E-state index contributed by atoms with van der Waals surface area (Å²) in [6.45, 7) is 9.26. The van der Waals surface area contributed by atoms with Crippen molar-refractivity contribution in [2.45, 2.75) is 52.6 Å². The highest BCUT2D eigenvalue weighted by molar-refractivity contribution is 9.10. The van der Waals surface area contributed by atoms with Gasteiger partial charge in [-0.3, -0.25) is 4.68 Å². The van der Waals surface area contributed by atoms with Gasteiger partial charge in [-0.15, -0.1) is 0 Å². The fraction of sp³-hybridized carbons (Fsp3) is 0.800. The van der Waals surface area contributed by atoms with Gasteiger partial charge in [0, 0.05) is 7.11 Å². The van der Waals surface area contributed by atoms with Crippen LogP contribution in [0.1, 0.15) is 51.8 Å². The van der Waals surface area contributed by atoms with E-state index in [1.807, 2.05) is 6.20 Å². The van der Waals surface area contributed by atoms with Gasteiger partial charge < -0.3 is 10.1 Å². The number of halogens is 1. The van der Waals surface area contributed by atoms with Crippen molar-refractivity contribution in [1.29, 1.82) is 0 Å². The molecule has 4 nitrogen and oxygen atoms in total. The Bertz CT molecular complexity index is 381. The van der Waals surface area contributed by atoms with E-state index in [-0.39, 0.29) is 0 Å². The lowest BCUT2D eigenvalue weighted by Crippen LogP contribution is -2.30. The highest BCUT2D eigenvalue weighted by Gasteiger charge is 2.24. The first kappa shape index (κ1) is 17.7. The Labute approximate surface area is 131 Å². The van der Waals surface area contributed by atoms with Gasteiger partial charge in [-0.05, 0) is 41.2 Å². The van der Waals surface area contributed by atoms with E-state index in [0.29, 0.717) is 18.6 Å². The molecule has 0 aromatic carbocycles. The van der Waals surface area contributed by atoms with Gasteiger partial charge in [0.25, 0.3) is 0 Å². The van der Waals surface area contributed by atoms with Gasteiger partial charge in [-0.25, -0.2) is 0 Å². The molecule has 0 aliphatic rings. The standard InChI is InChI=1S/C15H28BrN3O/c1-5-7-12(3)14(17-8-6-2)15-13(16)11-18-19(15)9-10-20-4/h11-12,14,17H,5-10H2,1-4H3. The van der Waals surface area contributed by atoms with Crippen LogP contribution in [-0.4, -0.2) is 30.0 Å². The van der Waals surface area contributed by atoms with Crippen molar-refractivity contribution in [3.05, 3.63) is 16.4 Å². The Morgan fingerprint density at radius 2 is 2.15 bits per heavy atom. The molecule has 1 heterocycles. The average molecular weight is 346 g/mol. The first-order valence-corrected chi connectivity index (χ1v) is 8.38. The van der Waals surface area contributed by atoms with Crippen LogP contribution in [0.4, 0.5) is 0 Å². The minimum absolute atomic E-state index is 0.337. The number of ether oxygens (including phenoxy) is 1. The zero-order valence-corrected chi connectivity index (χ0v) is 14.7. The SMILES string of the molecule is CCCNC(c1c(Br)cnn1CCOC)C(C)CCC. The van der Waals surface area contributed by atoms with Crippen LogP contribution < -0.4 is 5.32 Å². The van der Waals surface area contributed by atoms with Gasteiger partial charge in [0.1, 0.15) is 0 Å². The largest absolute Gasteiger partial charge is 0.383 e. The first-order chi connectivity index (χ1) is 9.65. The predicted octanol–water partition coefficient (Wildman–Crippen LogP) is 3.77. The van der Waals surface area contributed by atoms with Gasteiger partial charge in [-0.1, -0.05) is 27.2 Å². The molecule has 5 heteroatoms. The van der Waals surface area contributed by atoms with Crippen molar-refractivity contribution in [3.63, 3.8) is 0 Å². The molecule has 0 spiro atoms. The quantitative estimate of drug-likeness (QED) is 0.701. The summed E-state index contributed by atoms with van der Waals surface area (Å²) in [6, 6.07) is 0.337. The zero-order chi connectivity index (χ0) is 15.0. The maximum absolute atomic E-state index is 5.18. The fourth-order valence-electron chi connectivity index (χ4n) is 2.53. The van der Waals surface area contributed by atoms with E-state index in [1.54, 1.807) is 7.11 Å². The third kappa shape index (κ3) is 4.86. The third-order valence-corrected chi connectivity index (χ3v) is 4.17. The highest BCUT2D eigenvalue weighted by atomic mass is 79.9. The molecule has 116 valence electrons. The molecule has 1 N–H and O–H groups in total. The molecule has 0 aliphatic carbocycles. The predicted molar refractivity (Wildman–Crippen MR) is 86.9 cm³/mol. The van der Waals surface area contributed by atoms with Gasteiger partial charge in [-0.2, -0.15) is 5.10 Å². The van der Waals surface area contributed by atoms with E-state index in [4.69, 9.17) is 4.74 Å². The van der Waals surface area contributed by atoms with Gasteiger partial charge in [0.05, 0.1) is 35.6 Å². The Balaban J connectivity index is 2.95. The molecule has 2 unspecified atom stereocenters. The molecular weight excluding hydrogens is 318 g/mol. The monoisotopic (exact) mass is 345 g/mol. The summed E-state index contributed by atoms with van der Waals surface area (Å²) in [7, 11) is 1.73. The maximum atomic E-state index is 5.18. The Hall–Kier alpha value is -0.390. The number of hydrogen-bond donors (Lipinski definition) is 1. The molecule has 0 saturated carbocycles. The molecule has 0 radical (unpaired) electrons. The van der Waals surface area contributed by atoms with Crippen molar-refractivity contribution in [2.24, 2.45) is 5.92 Å². The second kappa shape index (κ2) is 9.53. The van der Waals surface area contributed by atoms with Crippen LogP contribution in [-0.2, 0) is 11.3 Å². The van der Waals surface area contributed by atoms with E-state index in [9.17, 15) is 0 Å². The zero-order valence-electron chi connectivity index (χ0n) is 13.2. The number of aromatic nitrogens is 2. The molecule has 1 aromatic heterocycles. The number of rotatable bonds is 10. The minimum Gasteiger partial charge on any atom is -0.383 e. The summed E-state index contributed by atoms with van der Waals surface area (Å²) >= 11 is 3.66. The molecule has 1 aromatic rings. The molecule has 0 amide bonds. The van der Waals surface area contributed by atoms with Crippen molar-refractivity contribution in [2.75, 3.05) is 20.3 Å². The minimum atomic E-state index is 0.337. The van der Waals surface area contributed by atoms with Crippen LogP contribution in [0.15, 0.2) is 10.7 Å². The Morgan fingerprint density at radius 3 is 2.75 bits per heavy atom. The van der Waals surface area contributed by atoms with Crippen LogP contribution in [0, 0.1) is 5.92 Å². The maximum Gasteiger partial charge on any atom is 0.0699 e. The summed E-state index contributed by atoms with van der Waals surface area (Å²) in [5, 5.41) is 8.16. The third-order valence-electron chi connectivity index (χ3n) is 3.56. The van der Waals surface area contributed by atoms with Crippen molar-refractivity contribution in [1.82, 2.24) is 15.1 Å². The van der Waals surface area contributed by atoms with Gasteiger partial charge in [0.15, 0.2) is 0 Å². The van der Waals surface area contributed by atoms with Crippen LogP contribution in [0.25, 0.3) is 0 Å². The molecule has 0 saturated heterocycles. The topological polar surface area (TPSA) is 39.1 Å². The van der Waals surface area contributed by atoms with Crippen LogP contribution in [0.2, 0.25) is 0 Å². The molecule has 1 rings (SSSR count). The van der Waals surface area contributed by atoms with E-state index in [0.717, 1.165) is 24.0 Å². The normalized spacial score (nSPS) is 14.4. The molecule has 0 fully saturated rings. The van der Waals surface area contributed by atoms with Crippen molar-refractivity contribution < 1.29 is 4.74 Å². The van der Waals surface area contributed by atoms with Gasteiger partial charge >= 0.3 is 0 Å². The van der Waals surface area contributed by atoms with Crippen LogP contribution in [0.3, 0.4) is 0 Å². The van der Waals surface area contributed by atoms with Crippen molar-refractivity contribution >= 4 is 15.9 Å². The molecule has 20 heavy (non-hydrogen) atoms. The smallest absolute Gasteiger partial charge is 0.0699 e. The number of nitrogens with zero attached hydrogens (tertiary/aromatic N) is 2.